The van der Waals surface area contributed by atoms with Gasteiger partial charge in [0.1, 0.15) is 25.0 Å². The minimum absolute atomic E-state index is 0.0281. The maximum Gasteiger partial charge on any atom is 0.330 e. The van der Waals surface area contributed by atoms with Gasteiger partial charge in [-0.3, -0.25) is 14.3 Å². The summed E-state index contributed by atoms with van der Waals surface area (Å²) in [5.74, 6) is 0. The van der Waals surface area contributed by atoms with E-state index in [-0.39, 0.29) is 17.2 Å². The van der Waals surface area contributed by atoms with Crippen molar-refractivity contribution < 1.29 is 23.1 Å². The molecule has 1 saturated heterocycles. The highest BCUT2D eigenvalue weighted by Gasteiger charge is 2.58. The van der Waals surface area contributed by atoms with Crippen LogP contribution in [0.3, 0.4) is 0 Å². The number of aromatic nitrogens is 2. The SMILES string of the molecule is CC(C)(C)[Si](OC[C@H]1O[C@@H](n2cc(CF)c(=O)[nH]c2=O)[C@@H](O[Si](c2ccccc2)(c2ccccc2)C(C)(C)C)[C@@H]1O)(c1ccccc1)c1ccccc1. The quantitative estimate of drug-likeness (QED) is 0.189. The summed E-state index contributed by atoms with van der Waals surface area (Å²) in [5, 5.41) is 15.7. The van der Waals surface area contributed by atoms with Gasteiger partial charge in [0, 0.05) is 6.20 Å². The Bertz CT molecular complexity index is 2000. The molecule has 0 spiro atoms. The molecule has 5 aromatic rings. The number of ether oxygens (including phenoxy) is 1. The molecule has 1 aliphatic heterocycles. The number of nitrogens with zero attached hydrogens (tertiary/aromatic N) is 1. The van der Waals surface area contributed by atoms with Crippen LogP contribution >= 0.6 is 0 Å². The van der Waals surface area contributed by atoms with Crippen molar-refractivity contribution in [2.45, 2.75) is 82.8 Å². The Morgan fingerprint density at radius 3 is 1.53 bits per heavy atom. The number of aliphatic hydroxyl groups excluding tert-OH is 1. The molecule has 0 amide bonds. The number of hydrogen-bond acceptors (Lipinski definition) is 6. The smallest absolute Gasteiger partial charge is 0.330 e. The van der Waals surface area contributed by atoms with Crippen LogP contribution in [-0.4, -0.2) is 56.2 Å². The van der Waals surface area contributed by atoms with Crippen LogP contribution in [0.2, 0.25) is 10.1 Å². The van der Waals surface area contributed by atoms with Gasteiger partial charge in [-0.15, -0.1) is 0 Å². The van der Waals surface area contributed by atoms with Crippen molar-refractivity contribution in [3.8, 4) is 0 Å². The number of hydrogen-bond donors (Lipinski definition) is 2. The summed E-state index contributed by atoms with van der Waals surface area (Å²) in [4.78, 5) is 28.3. The van der Waals surface area contributed by atoms with Gasteiger partial charge in [0.15, 0.2) is 6.23 Å². The maximum absolute atomic E-state index is 14.1. The molecule has 0 unspecified atom stereocenters. The Morgan fingerprint density at radius 1 is 0.717 bits per heavy atom. The minimum Gasteiger partial charge on any atom is -0.405 e. The Kier molecular flexibility index (Phi) is 11.1. The van der Waals surface area contributed by atoms with Crippen molar-refractivity contribution in [1.82, 2.24) is 9.55 Å². The lowest BCUT2D eigenvalue weighted by Gasteiger charge is -2.45. The normalized spacial score (nSPS) is 19.7. The number of aliphatic hydroxyl groups is 1. The molecule has 8 nitrogen and oxygen atoms in total. The Morgan fingerprint density at radius 2 is 1.13 bits per heavy atom. The molecule has 53 heavy (non-hydrogen) atoms. The van der Waals surface area contributed by atoms with Crippen LogP contribution in [0, 0.1) is 0 Å². The lowest BCUT2D eigenvalue weighted by atomic mass is 10.1. The molecule has 4 aromatic carbocycles. The Labute approximate surface area is 312 Å². The molecule has 0 saturated carbocycles. The first-order chi connectivity index (χ1) is 25.2. The highest BCUT2D eigenvalue weighted by Crippen LogP contribution is 2.43. The van der Waals surface area contributed by atoms with Crippen molar-refractivity contribution in [1.29, 1.82) is 0 Å². The van der Waals surface area contributed by atoms with Crippen LogP contribution in [0.1, 0.15) is 53.3 Å². The molecular formula is C42H49FN2O6Si2. The van der Waals surface area contributed by atoms with E-state index in [1.807, 2.05) is 97.1 Å². The van der Waals surface area contributed by atoms with Gasteiger partial charge in [-0.2, -0.15) is 0 Å². The molecule has 0 bridgehead atoms. The zero-order chi connectivity index (χ0) is 38.0. The molecule has 0 radical (unpaired) electrons. The van der Waals surface area contributed by atoms with E-state index in [2.05, 4.69) is 70.8 Å². The van der Waals surface area contributed by atoms with Gasteiger partial charge in [0.05, 0.1) is 12.2 Å². The Balaban J connectivity index is 1.50. The van der Waals surface area contributed by atoms with Crippen molar-refractivity contribution in [2.75, 3.05) is 6.61 Å². The molecule has 1 fully saturated rings. The van der Waals surface area contributed by atoms with Gasteiger partial charge < -0.3 is 18.7 Å². The van der Waals surface area contributed by atoms with Crippen molar-refractivity contribution >= 4 is 37.4 Å². The highest BCUT2D eigenvalue weighted by atomic mass is 28.4. The molecule has 4 atom stereocenters. The van der Waals surface area contributed by atoms with E-state index in [0.717, 1.165) is 25.3 Å². The predicted octanol–water partition coefficient (Wildman–Crippen LogP) is 4.79. The maximum atomic E-state index is 14.1. The van der Waals surface area contributed by atoms with Crippen LogP contribution in [0.5, 0.6) is 0 Å². The number of alkyl halides is 1. The fourth-order valence-corrected chi connectivity index (χ4v) is 17.1. The van der Waals surface area contributed by atoms with E-state index in [9.17, 15) is 19.1 Å². The number of rotatable bonds is 11. The van der Waals surface area contributed by atoms with Crippen molar-refractivity contribution in [3.63, 3.8) is 0 Å². The van der Waals surface area contributed by atoms with E-state index in [4.69, 9.17) is 13.6 Å². The minimum atomic E-state index is -3.34. The van der Waals surface area contributed by atoms with Crippen LogP contribution in [0.4, 0.5) is 4.39 Å². The van der Waals surface area contributed by atoms with Gasteiger partial charge in [-0.1, -0.05) is 163 Å². The Hall–Kier alpha value is -4.24. The summed E-state index contributed by atoms with van der Waals surface area (Å²) in [5.41, 5.74) is -1.85. The summed E-state index contributed by atoms with van der Waals surface area (Å²) in [6.45, 7) is 11.7. The third-order valence-corrected chi connectivity index (χ3v) is 20.4. The molecule has 2 N–H and O–H groups in total. The van der Waals surface area contributed by atoms with Gasteiger partial charge in [-0.25, -0.2) is 9.18 Å². The van der Waals surface area contributed by atoms with E-state index in [0.29, 0.717) is 0 Å². The van der Waals surface area contributed by atoms with Crippen LogP contribution in [0.25, 0.3) is 0 Å². The second kappa shape index (κ2) is 15.2. The highest BCUT2D eigenvalue weighted by molar-refractivity contribution is 7.00. The number of halogens is 1. The summed E-state index contributed by atoms with van der Waals surface area (Å²) >= 11 is 0. The van der Waals surface area contributed by atoms with Crippen LogP contribution in [0.15, 0.2) is 137 Å². The molecule has 1 aromatic heterocycles. The number of benzene rings is 4. The first-order valence-corrected chi connectivity index (χ1v) is 21.8. The molecular weight excluding hydrogens is 704 g/mol. The third kappa shape index (κ3) is 7.09. The fourth-order valence-electron chi connectivity index (χ4n) is 7.88. The average Bonchev–Trinajstić information content (AvgIpc) is 3.45. The first kappa shape index (κ1) is 38.5. The van der Waals surface area contributed by atoms with Gasteiger partial charge in [0.2, 0.25) is 0 Å². The molecule has 2 heterocycles. The fraction of sp³-hybridized carbons (Fsp3) is 0.333. The second-order valence-electron chi connectivity index (χ2n) is 15.7. The summed E-state index contributed by atoms with van der Waals surface area (Å²) in [6, 6.07) is 40.3. The zero-order valence-corrected chi connectivity index (χ0v) is 33.2. The van der Waals surface area contributed by atoms with E-state index in [1.54, 1.807) is 0 Å². The second-order valence-corrected chi connectivity index (χ2v) is 24.3. The predicted molar refractivity (Wildman–Crippen MR) is 212 cm³/mol. The summed E-state index contributed by atoms with van der Waals surface area (Å²) in [7, 11) is -6.41. The standard InChI is InChI=1S/C42H49FN2O6Si2/c1-41(2,3)52(31-19-11-7-12-20-31,32-21-13-8-14-22-32)49-29-35-36(46)37(39(50-35)45-28-30(27-43)38(47)44-40(45)48)51-53(42(4,5)6,33-23-15-9-16-24-33)34-25-17-10-18-26-34/h7-26,28,35-37,39,46H,27,29H2,1-6H3,(H,44,47,48)/t35-,36-,37+,39-/m1/s1. The van der Waals surface area contributed by atoms with Crippen molar-refractivity contribution in [2.24, 2.45) is 0 Å². The molecule has 11 heteroatoms. The molecule has 278 valence electrons. The number of nitrogens with one attached hydrogen (secondary N) is 1. The van der Waals surface area contributed by atoms with Crippen LogP contribution < -0.4 is 32.0 Å². The van der Waals surface area contributed by atoms with Crippen LogP contribution in [-0.2, 0) is 20.3 Å². The molecule has 6 rings (SSSR count). The largest absolute Gasteiger partial charge is 0.405 e. The number of H-pyrrole nitrogens is 1. The third-order valence-electron chi connectivity index (χ3n) is 10.4. The topological polar surface area (TPSA) is 103 Å². The summed E-state index contributed by atoms with van der Waals surface area (Å²) < 4.78 is 36.6. The van der Waals surface area contributed by atoms with Gasteiger partial charge >= 0.3 is 5.69 Å². The van der Waals surface area contributed by atoms with E-state index < -0.39 is 64.1 Å². The molecule has 0 aliphatic carbocycles. The first-order valence-electron chi connectivity index (χ1n) is 18.0. The van der Waals surface area contributed by atoms with E-state index in [1.165, 1.54) is 6.20 Å². The molecule has 1 aliphatic rings. The average molecular weight is 753 g/mol. The summed E-state index contributed by atoms with van der Waals surface area (Å²) in [6.07, 6.45) is -3.42. The van der Waals surface area contributed by atoms with Crippen molar-refractivity contribution in [3.05, 3.63) is 154 Å². The zero-order valence-electron chi connectivity index (χ0n) is 31.2. The number of aromatic amines is 1. The van der Waals surface area contributed by atoms with Gasteiger partial charge in [0.25, 0.3) is 22.2 Å². The lowest BCUT2D eigenvalue weighted by molar-refractivity contribution is -0.0508. The monoisotopic (exact) mass is 752 g/mol. The lowest BCUT2D eigenvalue weighted by Crippen LogP contribution is -2.69. The van der Waals surface area contributed by atoms with E-state index >= 15 is 0 Å². The van der Waals surface area contributed by atoms with Gasteiger partial charge in [-0.05, 0) is 30.8 Å².